The molecular formula is C15H13ClN2O4. The SMILES string of the molecule is CC(=O)c1c(C)oc(NC(=O)c2ccc(Cl)cc2)c1C(N)=O. The number of ketones is 1. The maximum atomic E-state index is 12.1. The van der Waals surface area contributed by atoms with E-state index in [1.54, 1.807) is 12.1 Å². The number of hydrogen-bond donors (Lipinski definition) is 2. The van der Waals surface area contributed by atoms with Crippen LogP contribution < -0.4 is 11.1 Å². The van der Waals surface area contributed by atoms with Gasteiger partial charge in [0.15, 0.2) is 5.78 Å². The molecule has 3 N–H and O–H groups in total. The molecule has 1 aromatic heterocycles. The minimum Gasteiger partial charge on any atom is -0.444 e. The molecule has 0 bridgehead atoms. The van der Waals surface area contributed by atoms with E-state index in [1.807, 2.05) is 0 Å². The molecule has 6 nitrogen and oxygen atoms in total. The van der Waals surface area contributed by atoms with Crippen LogP contribution >= 0.6 is 11.6 Å². The molecule has 2 amide bonds. The number of carbonyl (C=O) groups is 3. The number of anilines is 1. The summed E-state index contributed by atoms with van der Waals surface area (Å²) >= 11 is 5.75. The first-order valence-corrected chi connectivity index (χ1v) is 6.70. The van der Waals surface area contributed by atoms with Crippen molar-refractivity contribution >= 4 is 35.1 Å². The Morgan fingerprint density at radius 3 is 2.23 bits per heavy atom. The van der Waals surface area contributed by atoms with Gasteiger partial charge >= 0.3 is 0 Å². The molecule has 1 heterocycles. The van der Waals surface area contributed by atoms with E-state index >= 15 is 0 Å². The fraction of sp³-hybridized carbons (Fsp3) is 0.133. The van der Waals surface area contributed by atoms with E-state index in [1.165, 1.54) is 26.0 Å². The van der Waals surface area contributed by atoms with Crippen LogP contribution in [0.4, 0.5) is 5.88 Å². The molecule has 7 heteroatoms. The molecule has 2 aromatic rings. The number of hydrogen-bond acceptors (Lipinski definition) is 4. The fourth-order valence-corrected chi connectivity index (χ4v) is 2.19. The summed E-state index contributed by atoms with van der Waals surface area (Å²) in [5.41, 5.74) is 5.54. The van der Waals surface area contributed by atoms with Crippen molar-refractivity contribution in [1.82, 2.24) is 0 Å². The highest BCUT2D eigenvalue weighted by molar-refractivity contribution is 6.30. The highest BCUT2D eigenvalue weighted by Gasteiger charge is 2.26. The van der Waals surface area contributed by atoms with Crippen LogP contribution in [0.2, 0.25) is 5.02 Å². The number of primary amides is 1. The zero-order valence-electron chi connectivity index (χ0n) is 11.9. The van der Waals surface area contributed by atoms with Gasteiger partial charge in [0, 0.05) is 10.6 Å². The molecule has 0 atom stereocenters. The van der Waals surface area contributed by atoms with Gasteiger partial charge in [0.05, 0.1) is 5.56 Å². The largest absolute Gasteiger partial charge is 0.444 e. The molecule has 0 aliphatic carbocycles. The van der Waals surface area contributed by atoms with E-state index in [9.17, 15) is 14.4 Å². The van der Waals surface area contributed by atoms with Crippen LogP contribution in [-0.4, -0.2) is 17.6 Å². The Balaban J connectivity index is 2.39. The summed E-state index contributed by atoms with van der Waals surface area (Å²) in [6.45, 7) is 2.80. The van der Waals surface area contributed by atoms with Gasteiger partial charge in [-0.3, -0.25) is 19.7 Å². The zero-order chi connectivity index (χ0) is 16.4. The minimum absolute atomic E-state index is 0.0684. The van der Waals surface area contributed by atoms with Crippen molar-refractivity contribution in [3.05, 3.63) is 51.7 Å². The first kappa shape index (κ1) is 15.8. The number of halogens is 1. The lowest BCUT2D eigenvalue weighted by atomic mass is 10.1. The number of nitrogens with two attached hydrogens (primary N) is 1. The number of rotatable bonds is 4. The predicted molar refractivity (Wildman–Crippen MR) is 81.4 cm³/mol. The summed E-state index contributed by atoms with van der Waals surface area (Å²) in [4.78, 5) is 35.3. The topological polar surface area (TPSA) is 102 Å². The van der Waals surface area contributed by atoms with Crippen molar-refractivity contribution in [2.24, 2.45) is 5.73 Å². The lowest BCUT2D eigenvalue weighted by molar-refractivity contribution is 0.0974. The van der Waals surface area contributed by atoms with E-state index in [4.69, 9.17) is 21.8 Å². The predicted octanol–water partition coefficient (Wildman–Crippen LogP) is 2.80. The third-order valence-electron chi connectivity index (χ3n) is 3.02. The highest BCUT2D eigenvalue weighted by Crippen LogP contribution is 2.27. The van der Waals surface area contributed by atoms with Gasteiger partial charge in [-0.2, -0.15) is 0 Å². The molecule has 0 radical (unpaired) electrons. The van der Waals surface area contributed by atoms with Crippen LogP contribution in [0.25, 0.3) is 0 Å². The molecule has 0 saturated heterocycles. The van der Waals surface area contributed by atoms with Gasteiger partial charge in [-0.25, -0.2) is 0 Å². The van der Waals surface area contributed by atoms with Crippen molar-refractivity contribution in [3.8, 4) is 0 Å². The second-order valence-electron chi connectivity index (χ2n) is 4.62. The van der Waals surface area contributed by atoms with Crippen LogP contribution in [0.1, 0.15) is 43.8 Å². The van der Waals surface area contributed by atoms with E-state index < -0.39 is 11.8 Å². The number of amides is 2. The third-order valence-corrected chi connectivity index (χ3v) is 3.27. The molecule has 0 unspecified atom stereocenters. The van der Waals surface area contributed by atoms with Gasteiger partial charge in [-0.1, -0.05) is 11.6 Å². The van der Waals surface area contributed by atoms with Crippen molar-refractivity contribution in [2.45, 2.75) is 13.8 Å². The second kappa shape index (κ2) is 6.03. The summed E-state index contributed by atoms with van der Waals surface area (Å²) in [7, 11) is 0. The lowest BCUT2D eigenvalue weighted by Crippen LogP contribution is -2.19. The van der Waals surface area contributed by atoms with Crippen LogP contribution in [0.5, 0.6) is 0 Å². The molecule has 114 valence electrons. The van der Waals surface area contributed by atoms with Crippen LogP contribution in [-0.2, 0) is 0 Å². The molecule has 0 saturated carbocycles. The summed E-state index contributed by atoms with van der Waals surface area (Å²) < 4.78 is 5.30. The van der Waals surface area contributed by atoms with E-state index in [0.717, 1.165) is 0 Å². The molecule has 0 aliphatic heterocycles. The first-order valence-electron chi connectivity index (χ1n) is 6.32. The third kappa shape index (κ3) is 3.01. The fourth-order valence-electron chi connectivity index (χ4n) is 2.07. The van der Waals surface area contributed by atoms with Crippen molar-refractivity contribution in [2.75, 3.05) is 5.32 Å². The van der Waals surface area contributed by atoms with E-state index in [0.29, 0.717) is 10.6 Å². The van der Waals surface area contributed by atoms with Crippen LogP contribution in [0.15, 0.2) is 28.7 Å². The number of benzene rings is 1. The zero-order valence-corrected chi connectivity index (χ0v) is 12.7. The molecule has 0 fully saturated rings. The van der Waals surface area contributed by atoms with E-state index in [-0.39, 0.29) is 28.6 Å². The number of aryl methyl sites for hydroxylation is 1. The van der Waals surface area contributed by atoms with Gasteiger partial charge in [-0.05, 0) is 38.1 Å². The van der Waals surface area contributed by atoms with Crippen LogP contribution in [0, 0.1) is 6.92 Å². The Morgan fingerprint density at radius 2 is 1.73 bits per heavy atom. The average molecular weight is 321 g/mol. The highest BCUT2D eigenvalue weighted by atomic mass is 35.5. The van der Waals surface area contributed by atoms with Crippen molar-refractivity contribution in [1.29, 1.82) is 0 Å². The Kier molecular flexibility index (Phi) is 4.32. The normalized spacial score (nSPS) is 10.3. The minimum atomic E-state index is -0.853. The van der Waals surface area contributed by atoms with Gasteiger partial charge in [-0.15, -0.1) is 0 Å². The lowest BCUT2D eigenvalue weighted by Gasteiger charge is -2.04. The smallest absolute Gasteiger partial charge is 0.257 e. The van der Waals surface area contributed by atoms with Crippen LogP contribution in [0.3, 0.4) is 0 Å². The summed E-state index contributed by atoms with van der Waals surface area (Å²) in [5, 5.41) is 2.93. The summed E-state index contributed by atoms with van der Waals surface area (Å²) in [6.07, 6.45) is 0. The first-order chi connectivity index (χ1) is 10.3. The van der Waals surface area contributed by atoms with Gasteiger partial charge in [0.2, 0.25) is 5.88 Å². The number of carbonyl (C=O) groups excluding carboxylic acids is 3. The molecule has 0 spiro atoms. The Morgan fingerprint density at radius 1 is 1.14 bits per heavy atom. The van der Waals surface area contributed by atoms with Crippen molar-refractivity contribution in [3.63, 3.8) is 0 Å². The quantitative estimate of drug-likeness (QED) is 0.845. The Bertz CT molecular complexity index is 763. The summed E-state index contributed by atoms with van der Waals surface area (Å²) in [6, 6.07) is 6.15. The average Bonchev–Trinajstić information content (AvgIpc) is 2.76. The monoisotopic (exact) mass is 320 g/mol. The Hall–Kier alpha value is -2.60. The molecular weight excluding hydrogens is 308 g/mol. The maximum absolute atomic E-state index is 12.1. The number of furan rings is 1. The van der Waals surface area contributed by atoms with Gasteiger partial charge in [0.1, 0.15) is 11.3 Å². The molecule has 0 aliphatic rings. The van der Waals surface area contributed by atoms with E-state index in [2.05, 4.69) is 5.32 Å². The number of Topliss-reactive ketones (excluding diaryl/α,β-unsaturated/α-hetero) is 1. The van der Waals surface area contributed by atoms with Crippen molar-refractivity contribution < 1.29 is 18.8 Å². The maximum Gasteiger partial charge on any atom is 0.257 e. The molecule has 1 aromatic carbocycles. The number of nitrogens with one attached hydrogen (secondary N) is 1. The van der Waals surface area contributed by atoms with Gasteiger partial charge in [0.25, 0.3) is 11.8 Å². The molecule has 2 rings (SSSR count). The molecule has 22 heavy (non-hydrogen) atoms. The van der Waals surface area contributed by atoms with Gasteiger partial charge < -0.3 is 10.2 Å². The Labute approximate surface area is 131 Å². The standard InChI is InChI=1S/C15H13ClN2O4/c1-7(19)11-8(2)22-15(12(11)13(17)20)18-14(21)9-3-5-10(16)6-4-9/h3-6H,1-2H3,(H2,17,20)(H,18,21). The summed E-state index contributed by atoms with van der Waals surface area (Å²) in [5.74, 6) is -1.67. The second-order valence-corrected chi connectivity index (χ2v) is 5.06.